The highest BCUT2D eigenvalue weighted by atomic mass is 16.5. The highest BCUT2D eigenvalue weighted by molar-refractivity contribution is 5.08. The lowest BCUT2D eigenvalue weighted by atomic mass is 10.2. The molecular weight excluding hydrogens is 162 g/mol. The quantitative estimate of drug-likeness (QED) is 0.623. The van der Waals surface area contributed by atoms with Crippen LogP contribution in [-0.4, -0.2) is 18.2 Å². The summed E-state index contributed by atoms with van der Waals surface area (Å²) in [4.78, 5) is 4.05. The third-order valence-corrected chi connectivity index (χ3v) is 1.77. The van der Waals surface area contributed by atoms with Crippen LogP contribution in [0.1, 0.15) is 18.4 Å². The van der Waals surface area contributed by atoms with Gasteiger partial charge in [-0.3, -0.25) is 4.98 Å². The van der Waals surface area contributed by atoms with E-state index in [2.05, 4.69) is 18.0 Å². The van der Waals surface area contributed by atoms with Crippen molar-refractivity contribution in [3.05, 3.63) is 37.0 Å². The Labute approximate surface area is 80.0 Å². The molecule has 1 rings (SSSR count). The Balaban J connectivity index is 2.07. The van der Waals surface area contributed by atoms with Crippen LogP contribution in [-0.2, 0) is 11.2 Å². The maximum atomic E-state index is 5.32. The monoisotopic (exact) mass is 178 g/mol. The Morgan fingerprint density at radius 1 is 1.38 bits per heavy atom. The lowest BCUT2D eigenvalue weighted by Gasteiger charge is -2.01. The van der Waals surface area contributed by atoms with Crippen molar-refractivity contribution >= 4 is 0 Å². The Bertz CT molecular complexity index is 211. The summed E-state index contributed by atoms with van der Waals surface area (Å²) in [6.45, 7) is 5.30. The summed E-state index contributed by atoms with van der Waals surface area (Å²) >= 11 is 0. The first-order valence-corrected chi connectivity index (χ1v) is 4.69. The molecule has 0 unspecified atom stereocenters. The molecule has 0 atom stereocenters. The van der Waals surface area contributed by atoms with E-state index in [1.54, 1.807) is 6.20 Å². The van der Waals surface area contributed by atoms with Gasteiger partial charge in [0.25, 0.3) is 0 Å². The minimum atomic E-state index is 0.771. The van der Waals surface area contributed by atoms with Crippen LogP contribution in [0.5, 0.6) is 0 Å². The minimum Gasteiger partial charge on any atom is -0.381 e. The number of nitrogens with zero attached hydrogens (tertiary/aromatic N) is 1. The van der Waals surface area contributed by atoms with Crippen LogP contribution in [0.25, 0.3) is 0 Å². The predicted octanol–water partition coefficient (Wildman–Crippen LogP) is 2.25. The van der Waals surface area contributed by atoms with Gasteiger partial charge < -0.3 is 4.74 Å². The minimum absolute atomic E-state index is 0.771. The Kier molecular flexibility index (Phi) is 5.18. The first-order chi connectivity index (χ1) is 6.43. The van der Waals surface area contributed by atoms with Gasteiger partial charge in [-0.15, -0.1) is 0 Å². The number of rotatable bonds is 6. The summed E-state index contributed by atoms with van der Waals surface area (Å²) in [5.41, 5.74) is 1.28. The fourth-order valence-corrected chi connectivity index (χ4v) is 1.13. The van der Waals surface area contributed by atoms with Gasteiger partial charge in [-0.25, -0.2) is 0 Å². The van der Waals surface area contributed by atoms with Gasteiger partial charge in [0.2, 0.25) is 0 Å². The summed E-state index contributed by atoms with van der Waals surface area (Å²) in [6.07, 6.45) is 6.66. The smallest absolute Gasteiger partial charge is 0.0469 e. The molecule has 0 aromatic carbocycles. The van der Waals surface area contributed by atoms with Crippen LogP contribution >= 0.6 is 0 Å². The number of ether oxygens (including phenoxy) is 1. The number of aryl methyl sites for hydroxylation is 1. The van der Waals surface area contributed by atoms with E-state index in [1.807, 2.05) is 12.3 Å². The number of pyridine rings is 1. The van der Waals surface area contributed by atoms with E-state index in [9.17, 15) is 0 Å². The van der Waals surface area contributed by atoms with E-state index >= 15 is 0 Å². The van der Waals surface area contributed by atoms with E-state index in [0.29, 0.717) is 0 Å². The van der Waals surface area contributed by atoms with E-state index in [-0.39, 0.29) is 0 Å². The zero-order valence-corrected chi connectivity index (χ0v) is 7.91. The van der Waals surface area contributed by atoms with Gasteiger partial charge in [0, 0.05) is 25.6 Å². The summed E-state index contributed by atoms with van der Waals surface area (Å²) in [5, 5.41) is 0. The Hall–Kier alpha value is -0.890. The third kappa shape index (κ3) is 4.63. The molecule has 0 aliphatic rings. The molecule has 1 aromatic rings. The molecule has 0 saturated heterocycles. The molecule has 0 spiro atoms. The zero-order chi connectivity index (χ0) is 9.36. The maximum Gasteiger partial charge on any atom is 0.0469 e. The maximum absolute atomic E-state index is 5.32. The van der Waals surface area contributed by atoms with Gasteiger partial charge in [-0.1, -0.05) is 13.0 Å². The van der Waals surface area contributed by atoms with Crippen LogP contribution < -0.4 is 0 Å². The van der Waals surface area contributed by atoms with Gasteiger partial charge in [-0.2, -0.15) is 0 Å². The van der Waals surface area contributed by atoms with E-state index in [4.69, 9.17) is 4.74 Å². The third-order valence-electron chi connectivity index (χ3n) is 1.77. The highest BCUT2D eigenvalue weighted by Crippen LogP contribution is 2.00. The molecule has 2 heteroatoms. The topological polar surface area (TPSA) is 22.1 Å². The highest BCUT2D eigenvalue weighted by Gasteiger charge is 1.92. The molecule has 0 N–H and O–H groups in total. The molecule has 71 valence electrons. The second kappa shape index (κ2) is 6.61. The second-order valence-electron chi connectivity index (χ2n) is 2.93. The SMILES string of the molecule is [CH2]CCOCCCc1cccnc1. The summed E-state index contributed by atoms with van der Waals surface area (Å²) in [6, 6.07) is 4.06. The van der Waals surface area contributed by atoms with Gasteiger partial charge in [0.05, 0.1) is 0 Å². The lowest BCUT2D eigenvalue weighted by Crippen LogP contribution is -1.97. The molecular formula is C11H16NO. The standard InChI is InChI=1S/C11H16NO/c1-2-8-13-9-4-6-11-5-3-7-12-10-11/h3,5,7,10H,1-2,4,6,8-9H2. The van der Waals surface area contributed by atoms with Gasteiger partial charge in [-0.05, 0) is 30.9 Å². The van der Waals surface area contributed by atoms with Crippen molar-refractivity contribution in [1.29, 1.82) is 0 Å². The summed E-state index contributed by atoms with van der Waals surface area (Å²) in [7, 11) is 0. The van der Waals surface area contributed by atoms with Crippen LogP contribution in [0.4, 0.5) is 0 Å². The summed E-state index contributed by atoms with van der Waals surface area (Å²) in [5.74, 6) is 0. The molecule has 0 amide bonds. The van der Waals surface area contributed by atoms with Crippen molar-refractivity contribution < 1.29 is 4.74 Å². The molecule has 0 aliphatic heterocycles. The first kappa shape index (κ1) is 10.2. The van der Waals surface area contributed by atoms with Crippen molar-refractivity contribution in [3.63, 3.8) is 0 Å². The average molecular weight is 178 g/mol. The van der Waals surface area contributed by atoms with Gasteiger partial charge in [0.1, 0.15) is 0 Å². The van der Waals surface area contributed by atoms with Crippen molar-refractivity contribution in [2.45, 2.75) is 19.3 Å². The van der Waals surface area contributed by atoms with E-state index in [0.717, 1.165) is 32.5 Å². The van der Waals surface area contributed by atoms with Crippen molar-refractivity contribution in [2.75, 3.05) is 13.2 Å². The largest absolute Gasteiger partial charge is 0.381 e. The Morgan fingerprint density at radius 3 is 3.00 bits per heavy atom. The van der Waals surface area contributed by atoms with Crippen LogP contribution in [0.15, 0.2) is 24.5 Å². The van der Waals surface area contributed by atoms with Crippen molar-refractivity contribution in [2.24, 2.45) is 0 Å². The molecule has 0 bridgehead atoms. The van der Waals surface area contributed by atoms with Gasteiger partial charge in [0.15, 0.2) is 0 Å². The van der Waals surface area contributed by atoms with Crippen molar-refractivity contribution in [3.8, 4) is 0 Å². The van der Waals surface area contributed by atoms with Gasteiger partial charge >= 0.3 is 0 Å². The molecule has 1 radical (unpaired) electrons. The molecule has 1 heterocycles. The average Bonchev–Trinajstić information content (AvgIpc) is 2.19. The second-order valence-corrected chi connectivity index (χ2v) is 2.93. The summed E-state index contributed by atoms with van der Waals surface area (Å²) < 4.78 is 5.32. The Morgan fingerprint density at radius 2 is 2.31 bits per heavy atom. The number of hydrogen-bond acceptors (Lipinski definition) is 2. The first-order valence-electron chi connectivity index (χ1n) is 4.69. The fourth-order valence-electron chi connectivity index (χ4n) is 1.13. The lowest BCUT2D eigenvalue weighted by molar-refractivity contribution is 0.136. The molecule has 0 saturated carbocycles. The normalized spacial score (nSPS) is 10.2. The molecule has 2 nitrogen and oxygen atoms in total. The van der Waals surface area contributed by atoms with Crippen LogP contribution in [0, 0.1) is 6.92 Å². The molecule has 1 aromatic heterocycles. The molecule has 13 heavy (non-hydrogen) atoms. The predicted molar refractivity (Wildman–Crippen MR) is 53.4 cm³/mol. The van der Waals surface area contributed by atoms with Crippen molar-refractivity contribution in [1.82, 2.24) is 4.98 Å². The van der Waals surface area contributed by atoms with Crippen LogP contribution in [0.3, 0.4) is 0 Å². The number of aromatic nitrogens is 1. The number of hydrogen-bond donors (Lipinski definition) is 0. The zero-order valence-electron chi connectivity index (χ0n) is 7.91. The van der Waals surface area contributed by atoms with Crippen LogP contribution in [0.2, 0.25) is 0 Å². The molecule has 0 fully saturated rings. The fraction of sp³-hybridized carbons (Fsp3) is 0.455. The molecule has 0 aliphatic carbocycles. The van der Waals surface area contributed by atoms with E-state index in [1.165, 1.54) is 5.56 Å². The van der Waals surface area contributed by atoms with E-state index < -0.39 is 0 Å².